The number of nitrogens with zero attached hydrogens (tertiary/aromatic N) is 4. The van der Waals surface area contributed by atoms with E-state index in [9.17, 15) is 9.90 Å². The molecule has 10 nitrogen and oxygen atoms in total. The number of aromatic amines is 1. The van der Waals surface area contributed by atoms with Crippen LogP contribution >= 0.6 is 0 Å². The molecule has 2 N–H and O–H groups in total. The fraction of sp³-hybridized carbons (Fsp3) is 0.250. The van der Waals surface area contributed by atoms with Gasteiger partial charge in [-0.25, -0.2) is 0 Å². The molecule has 2 heterocycles. The van der Waals surface area contributed by atoms with Gasteiger partial charge in [0.1, 0.15) is 42.1 Å². The first-order valence-electron chi connectivity index (χ1n) is 9.14. The van der Waals surface area contributed by atoms with Crippen LogP contribution in [0, 0.1) is 11.3 Å². The van der Waals surface area contributed by atoms with Gasteiger partial charge in [-0.1, -0.05) is 11.3 Å². The molecule has 0 bridgehead atoms. The molecule has 1 aliphatic heterocycles. The molecule has 30 heavy (non-hydrogen) atoms. The number of aromatic nitrogens is 4. The molecule has 0 saturated heterocycles. The first-order chi connectivity index (χ1) is 14.6. The zero-order chi connectivity index (χ0) is 20.9. The van der Waals surface area contributed by atoms with Gasteiger partial charge in [0.05, 0.1) is 18.1 Å². The van der Waals surface area contributed by atoms with Gasteiger partial charge < -0.3 is 19.3 Å². The molecule has 0 radical (unpaired) electrons. The second kappa shape index (κ2) is 8.59. The van der Waals surface area contributed by atoms with Crippen molar-refractivity contribution in [3.05, 3.63) is 59.4 Å². The molecular weight excluding hydrogens is 390 g/mol. The van der Waals surface area contributed by atoms with Gasteiger partial charge in [-0.3, -0.25) is 4.79 Å². The number of nitrogens with one attached hydrogen (secondary N) is 1. The van der Waals surface area contributed by atoms with E-state index in [1.54, 1.807) is 42.5 Å². The number of benzene rings is 2. The van der Waals surface area contributed by atoms with Crippen LogP contribution in [-0.4, -0.2) is 50.8 Å². The summed E-state index contributed by atoms with van der Waals surface area (Å²) in [6.07, 6.45) is -1.49. The van der Waals surface area contributed by atoms with E-state index in [0.717, 1.165) is 0 Å². The van der Waals surface area contributed by atoms with Crippen LogP contribution in [0.4, 0.5) is 0 Å². The van der Waals surface area contributed by atoms with E-state index >= 15 is 0 Å². The van der Waals surface area contributed by atoms with Crippen molar-refractivity contribution in [3.63, 3.8) is 0 Å². The zero-order valence-electron chi connectivity index (χ0n) is 15.7. The normalized spacial score (nSPS) is 16.1. The lowest BCUT2D eigenvalue weighted by Gasteiger charge is -2.24. The van der Waals surface area contributed by atoms with Gasteiger partial charge in [0.15, 0.2) is 11.9 Å². The summed E-state index contributed by atoms with van der Waals surface area (Å²) >= 11 is 0. The number of carbonyl (C=O) groups is 1. The second-order valence-electron chi connectivity index (χ2n) is 6.55. The van der Waals surface area contributed by atoms with E-state index < -0.39 is 12.2 Å². The quantitative estimate of drug-likeness (QED) is 0.597. The van der Waals surface area contributed by atoms with Crippen molar-refractivity contribution in [3.8, 4) is 23.3 Å². The first-order valence-corrected chi connectivity index (χ1v) is 9.14. The van der Waals surface area contributed by atoms with Crippen LogP contribution in [0.1, 0.15) is 34.3 Å². The number of aliphatic hydroxyl groups is 1. The third-order valence-electron chi connectivity index (χ3n) is 4.41. The number of fused-ring (bicyclic) bond motifs is 1. The Hall–Kier alpha value is -3.97. The van der Waals surface area contributed by atoms with Crippen molar-refractivity contribution < 1.29 is 24.1 Å². The van der Waals surface area contributed by atoms with Gasteiger partial charge in [0, 0.05) is 0 Å². The molecule has 0 amide bonds. The average Bonchev–Trinajstić information content (AvgIpc) is 3.31. The molecule has 0 spiro atoms. The predicted octanol–water partition coefficient (Wildman–Crippen LogP) is 1.60. The number of tetrazole rings is 1. The predicted molar refractivity (Wildman–Crippen MR) is 101 cm³/mol. The molecular formula is C20H17N5O5. The Labute approximate surface area is 171 Å². The Morgan fingerprint density at radius 1 is 1.23 bits per heavy atom. The van der Waals surface area contributed by atoms with Crippen LogP contribution < -0.4 is 14.2 Å². The number of Topliss-reactive ketones (excluding diaryl/α,β-unsaturated/α-hetero) is 1. The molecule has 0 fully saturated rings. The molecule has 2 aromatic carbocycles. The van der Waals surface area contributed by atoms with Crippen molar-refractivity contribution >= 4 is 5.78 Å². The van der Waals surface area contributed by atoms with E-state index in [2.05, 4.69) is 20.6 Å². The number of hydrogen-bond donors (Lipinski definition) is 2. The molecule has 2 atom stereocenters. The molecule has 0 saturated carbocycles. The van der Waals surface area contributed by atoms with E-state index in [4.69, 9.17) is 19.5 Å². The highest BCUT2D eigenvalue weighted by atomic mass is 16.5. The minimum absolute atomic E-state index is 0.00866. The smallest absolute Gasteiger partial charge is 0.215 e. The standard InChI is InChI=1S/C20H17N5O5/c21-9-12-4-6-14(7-5-12)28-10-13(26)11-29-16-2-1-3-17-19(16)15(27)8-18(30-17)20-22-24-25-23-20/h1-7,13,18,26H,8,10-11H2,(H,22,23,24,25)/t13-,18+/m0/s1. The number of hydrogen-bond acceptors (Lipinski definition) is 9. The summed E-state index contributed by atoms with van der Waals surface area (Å²) in [6.45, 7) is -0.0838. The van der Waals surface area contributed by atoms with E-state index in [0.29, 0.717) is 34.2 Å². The van der Waals surface area contributed by atoms with Crippen LogP contribution in [0.25, 0.3) is 0 Å². The summed E-state index contributed by atoms with van der Waals surface area (Å²) in [4.78, 5) is 12.7. The van der Waals surface area contributed by atoms with Gasteiger partial charge in [0.25, 0.3) is 0 Å². The van der Waals surface area contributed by atoms with E-state index in [1.165, 1.54) is 0 Å². The fourth-order valence-electron chi connectivity index (χ4n) is 2.97. The Bertz CT molecular complexity index is 1060. The highest BCUT2D eigenvalue weighted by Gasteiger charge is 2.32. The maximum atomic E-state index is 12.7. The minimum atomic E-state index is -0.928. The van der Waals surface area contributed by atoms with E-state index in [1.807, 2.05) is 6.07 Å². The minimum Gasteiger partial charge on any atom is -0.491 e. The summed E-state index contributed by atoms with van der Waals surface area (Å²) in [7, 11) is 0. The molecule has 1 aromatic heterocycles. The highest BCUT2D eigenvalue weighted by molar-refractivity contribution is 6.02. The Kier molecular flexibility index (Phi) is 5.54. The van der Waals surface area contributed by atoms with Crippen molar-refractivity contribution in [2.24, 2.45) is 0 Å². The Morgan fingerprint density at radius 3 is 2.77 bits per heavy atom. The maximum Gasteiger partial charge on any atom is 0.215 e. The third kappa shape index (κ3) is 4.21. The number of carbonyl (C=O) groups excluding carboxylic acids is 1. The monoisotopic (exact) mass is 407 g/mol. The van der Waals surface area contributed by atoms with Gasteiger partial charge in [-0.15, -0.1) is 10.2 Å². The van der Waals surface area contributed by atoms with Crippen LogP contribution in [0.2, 0.25) is 0 Å². The van der Waals surface area contributed by atoms with Gasteiger partial charge >= 0.3 is 0 Å². The summed E-state index contributed by atoms with van der Waals surface area (Å²) < 4.78 is 17.0. The van der Waals surface area contributed by atoms with Crippen LogP contribution in [0.5, 0.6) is 17.2 Å². The molecule has 3 aromatic rings. The summed E-state index contributed by atoms with van der Waals surface area (Å²) in [5.41, 5.74) is 0.839. The van der Waals surface area contributed by atoms with Crippen molar-refractivity contribution in [2.45, 2.75) is 18.6 Å². The fourth-order valence-corrected chi connectivity index (χ4v) is 2.97. The first kappa shape index (κ1) is 19.4. The second-order valence-corrected chi connectivity index (χ2v) is 6.55. The lowest BCUT2D eigenvalue weighted by Crippen LogP contribution is -2.26. The number of ketones is 1. The molecule has 1 aliphatic rings. The van der Waals surface area contributed by atoms with Crippen molar-refractivity contribution in [1.29, 1.82) is 5.26 Å². The van der Waals surface area contributed by atoms with Crippen LogP contribution in [0.3, 0.4) is 0 Å². The lowest BCUT2D eigenvalue weighted by atomic mass is 9.99. The van der Waals surface area contributed by atoms with Crippen LogP contribution in [0.15, 0.2) is 42.5 Å². The number of rotatable bonds is 7. The Balaban J connectivity index is 1.37. The topological polar surface area (TPSA) is 143 Å². The molecule has 10 heteroatoms. The molecule has 4 rings (SSSR count). The number of H-pyrrole nitrogens is 1. The third-order valence-corrected chi connectivity index (χ3v) is 4.41. The summed E-state index contributed by atoms with van der Waals surface area (Å²) in [5.74, 6) is 1.34. The largest absolute Gasteiger partial charge is 0.491 e. The Morgan fingerprint density at radius 2 is 2.03 bits per heavy atom. The molecule has 0 aliphatic carbocycles. The summed E-state index contributed by atoms with van der Waals surface area (Å²) in [5, 5.41) is 32.5. The van der Waals surface area contributed by atoms with Gasteiger partial charge in [-0.2, -0.15) is 10.5 Å². The summed E-state index contributed by atoms with van der Waals surface area (Å²) in [6, 6.07) is 13.6. The van der Waals surface area contributed by atoms with Crippen molar-refractivity contribution in [1.82, 2.24) is 20.6 Å². The molecule has 0 unspecified atom stereocenters. The molecule has 152 valence electrons. The van der Waals surface area contributed by atoms with E-state index in [-0.39, 0.29) is 25.4 Å². The number of ether oxygens (including phenoxy) is 3. The van der Waals surface area contributed by atoms with Gasteiger partial charge in [0.2, 0.25) is 5.82 Å². The highest BCUT2D eigenvalue weighted by Crippen LogP contribution is 2.38. The lowest BCUT2D eigenvalue weighted by molar-refractivity contribution is 0.0606. The number of nitriles is 1. The average molecular weight is 407 g/mol. The van der Waals surface area contributed by atoms with Gasteiger partial charge in [-0.05, 0) is 36.4 Å². The van der Waals surface area contributed by atoms with Crippen LogP contribution in [-0.2, 0) is 0 Å². The maximum absolute atomic E-state index is 12.7. The number of aliphatic hydroxyl groups excluding tert-OH is 1. The zero-order valence-corrected chi connectivity index (χ0v) is 15.7. The van der Waals surface area contributed by atoms with Crippen molar-refractivity contribution in [2.75, 3.05) is 13.2 Å². The SMILES string of the molecule is N#Cc1ccc(OC[C@H](O)COc2cccc3c2C(=O)C[C@H](c2nn[nH]n2)O3)cc1.